The van der Waals surface area contributed by atoms with Crippen molar-refractivity contribution in [3.63, 3.8) is 0 Å². The van der Waals surface area contributed by atoms with Crippen LogP contribution in [0.1, 0.15) is 39.5 Å². The molecule has 0 radical (unpaired) electrons. The summed E-state index contributed by atoms with van der Waals surface area (Å²) in [5, 5.41) is 6.29. The molecule has 13 nitrogen and oxygen atoms in total. The molecule has 3 fully saturated rings. The Morgan fingerprint density at radius 2 is 1.89 bits per heavy atom. The van der Waals surface area contributed by atoms with Gasteiger partial charge in [0.15, 0.2) is 0 Å². The van der Waals surface area contributed by atoms with Crippen molar-refractivity contribution in [1.29, 1.82) is 0 Å². The maximum absolute atomic E-state index is 14.0. The Hall–Kier alpha value is -4.46. The minimum Gasteiger partial charge on any atom is -0.497 e. The number of nitrogens with zero attached hydrogens (tertiary/aromatic N) is 2. The maximum Gasteiger partial charge on any atom is 0.259 e. The number of hydrogen-bond donors (Lipinski definition) is 3. The summed E-state index contributed by atoms with van der Waals surface area (Å²) in [6.45, 7) is 10.7. The van der Waals surface area contributed by atoms with E-state index in [2.05, 4.69) is 33.5 Å². The lowest BCUT2D eigenvalue weighted by atomic mass is 10.0. The molecule has 1 aliphatic heterocycles. The number of methoxy groups -OCH3 is 1. The van der Waals surface area contributed by atoms with Crippen molar-refractivity contribution in [3.05, 3.63) is 55.8 Å². The highest BCUT2D eigenvalue weighted by Gasteiger charge is 2.62. The predicted octanol–water partition coefficient (Wildman–Crippen LogP) is 1.59. The Bertz CT molecular complexity index is 1690. The lowest BCUT2D eigenvalue weighted by molar-refractivity contribution is -0.142. The third-order valence-electron chi connectivity index (χ3n) is 8.73. The summed E-state index contributed by atoms with van der Waals surface area (Å²) in [4.78, 5) is 59.2. The highest BCUT2D eigenvalue weighted by atomic mass is 32.2. The minimum atomic E-state index is -3.87. The second-order valence-corrected chi connectivity index (χ2v) is 14.3. The molecular weight excluding hydrogens is 614 g/mol. The van der Waals surface area contributed by atoms with E-state index in [9.17, 15) is 27.6 Å². The van der Waals surface area contributed by atoms with Gasteiger partial charge in [-0.3, -0.25) is 23.9 Å². The fourth-order valence-electron chi connectivity index (χ4n) is 5.81. The molecule has 2 saturated carbocycles. The van der Waals surface area contributed by atoms with E-state index in [-0.39, 0.29) is 25.3 Å². The van der Waals surface area contributed by atoms with Gasteiger partial charge < -0.3 is 25.0 Å². The highest BCUT2D eigenvalue weighted by Crippen LogP contribution is 2.45. The van der Waals surface area contributed by atoms with Crippen molar-refractivity contribution in [1.82, 2.24) is 25.2 Å². The van der Waals surface area contributed by atoms with Crippen LogP contribution in [0.4, 0.5) is 0 Å². The molecule has 3 N–H and O–H groups in total. The van der Waals surface area contributed by atoms with Crippen LogP contribution in [0.5, 0.6) is 11.6 Å². The van der Waals surface area contributed by atoms with Crippen LogP contribution in [0, 0.1) is 11.8 Å². The number of fused-ring (bicyclic) bond motifs is 1. The molecule has 4 amide bonds. The quantitative estimate of drug-likeness (QED) is 0.214. The number of nitrogens with one attached hydrogen (secondary N) is 3. The molecule has 0 spiro atoms. The van der Waals surface area contributed by atoms with E-state index in [1.54, 1.807) is 45.4 Å². The SMILES string of the molecule is C=CC(=O)N[C@@H](C(=O)N1C[C@H](Oc2nccc3cc(OC)ccc23)C[C@H]1C(=O)N[C@]1(C(=O)NS(=O)(=O)C2CC2)CC1C=C)C(C)C. The number of aromatic nitrogens is 1. The first-order chi connectivity index (χ1) is 21.8. The second kappa shape index (κ2) is 12.7. The van der Waals surface area contributed by atoms with Crippen molar-refractivity contribution in [3.8, 4) is 11.6 Å². The van der Waals surface area contributed by atoms with Crippen LogP contribution in [-0.4, -0.2) is 84.6 Å². The van der Waals surface area contributed by atoms with Crippen molar-refractivity contribution < 1.29 is 37.1 Å². The lowest BCUT2D eigenvalue weighted by Crippen LogP contribution is -2.59. The number of ether oxygens (including phenoxy) is 2. The summed E-state index contributed by atoms with van der Waals surface area (Å²) in [7, 11) is -2.31. The zero-order valence-electron chi connectivity index (χ0n) is 26.0. The number of hydrogen-bond acceptors (Lipinski definition) is 9. The van der Waals surface area contributed by atoms with Gasteiger partial charge in [-0.2, -0.15) is 0 Å². The zero-order chi connectivity index (χ0) is 33.4. The van der Waals surface area contributed by atoms with E-state index in [0.717, 1.165) is 11.5 Å². The summed E-state index contributed by atoms with van der Waals surface area (Å²) in [6.07, 6.45) is 4.58. The average molecular weight is 654 g/mol. The van der Waals surface area contributed by atoms with Gasteiger partial charge in [-0.1, -0.05) is 26.5 Å². The van der Waals surface area contributed by atoms with E-state index in [1.165, 1.54) is 11.0 Å². The third-order valence-corrected chi connectivity index (χ3v) is 10.5. The molecular formula is C32H39N5O8S. The van der Waals surface area contributed by atoms with E-state index in [1.807, 2.05) is 6.07 Å². The van der Waals surface area contributed by atoms with Gasteiger partial charge in [0.2, 0.25) is 33.6 Å². The van der Waals surface area contributed by atoms with E-state index in [0.29, 0.717) is 29.9 Å². The molecule has 246 valence electrons. The molecule has 5 rings (SSSR count). The van der Waals surface area contributed by atoms with Crippen LogP contribution in [0.3, 0.4) is 0 Å². The number of sulfonamides is 1. The molecule has 3 aliphatic rings. The molecule has 14 heteroatoms. The van der Waals surface area contributed by atoms with E-state index in [4.69, 9.17) is 9.47 Å². The molecule has 2 aliphatic carbocycles. The first-order valence-electron chi connectivity index (χ1n) is 15.2. The highest BCUT2D eigenvalue weighted by molar-refractivity contribution is 7.91. The first kappa shape index (κ1) is 32.9. The molecule has 1 aromatic carbocycles. The summed E-state index contributed by atoms with van der Waals surface area (Å²) in [6, 6.07) is 5.13. The maximum atomic E-state index is 14.0. The number of carbonyl (C=O) groups excluding carboxylic acids is 4. The van der Waals surface area contributed by atoms with Crippen LogP contribution < -0.4 is 24.8 Å². The number of carbonyl (C=O) groups is 4. The van der Waals surface area contributed by atoms with E-state index < -0.39 is 68.5 Å². The monoisotopic (exact) mass is 653 g/mol. The van der Waals surface area contributed by atoms with Gasteiger partial charge in [0.05, 0.1) is 18.9 Å². The Balaban J connectivity index is 1.42. The number of likely N-dealkylation sites (tertiary alicyclic amines) is 1. The summed E-state index contributed by atoms with van der Waals surface area (Å²) in [5.41, 5.74) is -1.53. The normalized spacial score (nSPS) is 24.5. The zero-order valence-corrected chi connectivity index (χ0v) is 26.8. The van der Waals surface area contributed by atoms with Crippen LogP contribution in [0.2, 0.25) is 0 Å². The molecule has 1 saturated heterocycles. The van der Waals surface area contributed by atoms with Crippen LogP contribution in [0.15, 0.2) is 55.8 Å². The van der Waals surface area contributed by atoms with Gasteiger partial charge in [0.25, 0.3) is 5.91 Å². The summed E-state index contributed by atoms with van der Waals surface area (Å²) < 4.78 is 38.9. The van der Waals surface area contributed by atoms with Crippen molar-refractivity contribution >= 4 is 44.4 Å². The minimum absolute atomic E-state index is 0.0154. The smallest absolute Gasteiger partial charge is 0.259 e. The van der Waals surface area contributed by atoms with Gasteiger partial charge in [0, 0.05) is 23.9 Å². The summed E-state index contributed by atoms with van der Waals surface area (Å²) in [5.74, 6) is -2.45. The molecule has 2 aromatic rings. The Labute approximate surface area is 267 Å². The Morgan fingerprint density at radius 1 is 1.15 bits per heavy atom. The van der Waals surface area contributed by atoms with Crippen molar-refractivity contribution in [2.24, 2.45) is 11.8 Å². The Kier molecular flexibility index (Phi) is 9.12. The molecule has 2 heterocycles. The van der Waals surface area contributed by atoms with Crippen LogP contribution in [-0.2, 0) is 29.2 Å². The van der Waals surface area contributed by atoms with Gasteiger partial charge in [-0.05, 0) is 60.9 Å². The number of amides is 4. The van der Waals surface area contributed by atoms with Gasteiger partial charge in [-0.15, -0.1) is 6.58 Å². The third kappa shape index (κ3) is 6.57. The van der Waals surface area contributed by atoms with E-state index >= 15 is 0 Å². The molecule has 0 bridgehead atoms. The average Bonchev–Trinajstić information content (AvgIpc) is 3.96. The lowest BCUT2D eigenvalue weighted by Gasteiger charge is -2.31. The number of rotatable bonds is 13. The van der Waals surface area contributed by atoms with Gasteiger partial charge >= 0.3 is 0 Å². The summed E-state index contributed by atoms with van der Waals surface area (Å²) >= 11 is 0. The Morgan fingerprint density at radius 3 is 2.50 bits per heavy atom. The molecule has 5 atom stereocenters. The first-order valence-corrected chi connectivity index (χ1v) is 16.7. The number of pyridine rings is 1. The fraction of sp³-hybridized carbons (Fsp3) is 0.469. The molecule has 1 unspecified atom stereocenters. The van der Waals surface area contributed by atoms with Crippen LogP contribution in [0.25, 0.3) is 10.8 Å². The largest absolute Gasteiger partial charge is 0.497 e. The number of benzene rings is 1. The topological polar surface area (TPSA) is 173 Å². The standard InChI is InChI=1S/C32H39N5O8S/c1-6-20-16-32(20,31(41)36-46(42,43)23-9-10-23)35-28(39)25-15-22(17-37(25)30(40)27(18(3)4)34-26(38)7-2)45-29-24-11-8-21(44-5)14-19(24)12-13-33-29/h6-8,11-14,18,20,22-23,25,27H,1-2,9-10,15-17H2,3-5H3,(H,34,38)(H,35,39)(H,36,41)/t20?,22-,25+,27-,32-/m1/s1. The van der Waals surface area contributed by atoms with Crippen LogP contribution >= 0.6 is 0 Å². The molecule has 1 aromatic heterocycles. The van der Waals surface area contributed by atoms with Crippen molar-refractivity contribution in [2.45, 2.75) is 68.5 Å². The predicted molar refractivity (Wildman–Crippen MR) is 169 cm³/mol. The van der Waals surface area contributed by atoms with Gasteiger partial charge in [0.1, 0.15) is 29.5 Å². The van der Waals surface area contributed by atoms with Crippen molar-refractivity contribution in [2.75, 3.05) is 13.7 Å². The van der Waals surface area contributed by atoms with Gasteiger partial charge in [-0.25, -0.2) is 13.4 Å². The fourth-order valence-corrected chi connectivity index (χ4v) is 7.17. The molecule has 46 heavy (non-hydrogen) atoms. The second-order valence-electron chi connectivity index (χ2n) is 12.3.